The standard InChI is InChI=1S/C22H23FN4O2/c23-18-8-6-17(7-9-18)16-25-12-14-26(15-13-25)22(29)20-10-11-21(28)27(24-20)19-4-2-1-3-5-19/h1-10,24H,11-16H2. The van der Waals surface area contributed by atoms with Crippen molar-refractivity contribution in [3.63, 3.8) is 0 Å². The molecule has 0 radical (unpaired) electrons. The third-order valence-electron chi connectivity index (χ3n) is 5.19. The number of amides is 2. The Morgan fingerprint density at radius 1 is 0.966 bits per heavy atom. The number of hydrogen-bond donors (Lipinski definition) is 1. The normalized spacial score (nSPS) is 17.7. The van der Waals surface area contributed by atoms with Gasteiger partial charge in [-0.25, -0.2) is 9.40 Å². The summed E-state index contributed by atoms with van der Waals surface area (Å²) in [6, 6.07) is 15.8. The lowest BCUT2D eigenvalue weighted by Gasteiger charge is -2.36. The Labute approximate surface area is 169 Å². The number of hydrogen-bond acceptors (Lipinski definition) is 4. The summed E-state index contributed by atoms with van der Waals surface area (Å²) in [5.74, 6) is -0.433. The fraction of sp³-hybridized carbons (Fsp3) is 0.273. The summed E-state index contributed by atoms with van der Waals surface area (Å²) in [5.41, 5.74) is 5.17. The Balaban J connectivity index is 1.34. The van der Waals surface area contributed by atoms with Crippen molar-refractivity contribution < 1.29 is 14.0 Å². The predicted octanol–water partition coefficient (Wildman–Crippen LogP) is 2.30. The zero-order valence-electron chi connectivity index (χ0n) is 16.1. The molecule has 0 spiro atoms. The highest BCUT2D eigenvalue weighted by molar-refractivity contribution is 6.01. The van der Waals surface area contributed by atoms with Crippen LogP contribution in [0.1, 0.15) is 12.0 Å². The van der Waals surface area contributed by atoms with E-state index in [0.717, 1.165) is 25.2 Å². The van der Waals surface area contributed by atoms with Crippen molar-refractivity contribution in [2.75, 3.05) is 31.2 Å². The van der Waals surface area contributed by atoms with Gasteiger partial charge in [-0.15, -0.1) is 0 Å². The molecule has 0 bridgehead atoms. The number of nitrogens with zero attached hydrogens (tertiary/aromatic N) is 3. The van der Waals surface area contributed by atoms with Crippen LogP contribution >= 0.6 is 0 Å². The van der Waals surface area contributed by atoms with Crippen LogP contribution < -0.4 is 10.4 Å². The molecular formula is C22H23FN4O2. The molecule has 1 fully saturated rings. The zero-order valence-corrected chi connectivity index (χ0v) is 16.1. The average Bonchev–Trinajstić information content (AvgIpc) is 2.76. The van der Waals surface area contributed by atoms with Gasteiger partial charge in [0.15, 0.2) is 0 Å². The van der Waals surface area contributed by atoms with Gasteiger partial charge in [-0.05, 0) is 35.9 Å². The maximum Gasteiger partial charge on any atom is 0.271 e. The molecule has 2 aromatic rings. The number of nitrogens with one attached hydrogen (secondary N) is 1. The molecule has 150 valence electrons. The molecule has 0 aromatic heterocycles. The molecule has 1 saturated heterocycles. The third kappa shape index (κ3) is 4.46. The Kier molecular flexibility index (Phi) is 5.57. The minimum Gasteiger partial charge on any atom is -0.335 e. The molecule has 1 N–H and O–H groups in total. The molecule has 2 amide bonds. The molecule has 2 aromatic carbocycles. The van der Waals surface area contributed by atoms with E-state index in [1.165, 1.54) is 17.1 Å². The number of benzene rings is 2. The summed E-state index contributed by atoms with van der Waals surface area (Å²) in [4.78, 5) is 29.2. The van der Waals surface area contributed by atoms with Gasteiger partial charge in [0.2, 0.25) is 5.91 Å². The first-order valence-corrected chi connectivity index (χ1v) is 9.71. The number of halogens is 1. The van der Waals surface area contributed by atoms with E-state index in [-0.39, 0.29) is 24.1 Å². The first kappa shape index (κ1) is 19.1. The minimum absolute atomic E-state index is 0.0973. The van der Waals surface area contributed by atoms with E-state index >= 15 is 0 Å². The van der Waals surface area contributed by atoms with Crippen LogP contribution in [-0.4, -0.2) is 47.8 Å². The summed E-state index contributed by atoms with van der Waals surface area (Å²) in [7, 11) is 0. The molecule has 4 rings (SSSR count). The SMILES string of the molecule is O=C(C1=CCC(=O)N(c2ccccc2)N1)N1CCN(Cc2ccc(F)cc2)CC1. The summed E-state index contributed by atoms with van der Waals surface area (Å²) in [5, 5.41) is 1.43. The summed E-state index contributed by atoms with van der Waals surface area (Å²) >= 11 is 0. The maximum atomic E-state index is 13.0. The van der Waals surface area contributed by atoms with Crippen LogP contribution in [0.3, 0.4) is 0 Å². The van der Waals surface area contributed by atoms with Gasteiger partial charge in [-0.2, -0.15) is 0 Å². The molecule has 2 aliphatic rings. The Hall–Kier alpha value is -3.19. The van der Waals surface area contributed by atoms with E-state index in [9.17, 15) is 14.0 Å². The second kappa shape index (κ2) is 8.45. The fourth-order valence-corrected chi connectivity index (χ4v) is 3.56. The van der Waals surface area contributed by atoms with Gasteiger partial charge in [0.05, 0.1) is 5.69 Å². The van der Waals surface area contributed by atoms with Crippen LogP contribution in [0.5, 0.6) is 0 Å². The molecule has 2 aliphatic heterocycles. The van der Waals surface area contributed by atoms with Crippen LogP contribution in [0.4, 0.5) is 10.1 Å². The summed E-state index contributed by atoms with van der Waals surface area (Å²) in [6.45, 7) is 3.45. The van der Waals surface area contributed by atoms with Gasteiger partial charge in [0.1, 0.15) is 11.5 Å². The molecule has 0 unspecified atom stereocenters. The van der Waals surface area contributed by atoms with Crippen molar-refractivity contribution in [1.82, 2.24) is 15.2 Å². The molecule has 29 heavy (non-hydrogen) atoms. The lowest BCUT2D eigenvalue weighted by Crippen LogP contribution is -2.53. The van der Waals surface area contributed by atoms with Gasteiger partial charge in [0, 0.05) is 39.1 Å². The third-order valence-corrected chi connectivity index (χ3v) is 5.19. The van der Waals surface area contributed by atoms with E-state index in [0.29, 0.717) is 24.5 Å². The van der Waals surface area contributed by atoms with Gasteiger partial charge in [-0.1, -0.05) is 30.3 Å². The lowest BCUT2D eigenvalue weighted by atomic mass is 10.2. The van der Waals surface area contributed by atoms with Crippen molar-refractivity contribution in [2.45, 2.75) is 13.0 Å². The number of hydrazine groups is 1. The Morgan fingerprint density at radius 2 is 1.66 bits per heavy atom. The molecule has 7 heteroatoms. The van der Waals surface area contributed by atoms with E-state index < -0.39 is 0 Å². The van der Waals surface area contributed by atoms with Crippen LogP contribution in [0.2, 0.25) is 0 Å². The quantitative estimate of drug-likeness (QED) is 0.865. The van der Waals surface area contributed by atoms with Gasteiger partial charge in [0.25, 0.3) is 5.91 Å². The molecule has 0 aliphatic carbocycles. The van der Waals surface area contributed by atoms with Gasteiger partial charge < -0.3 is 4.90 Å². The van der Waals surface area contributed by atoms with Crippen LogP contribution in [-0.2, 0) is 16.1 Å². The topological polar surface area (TPSA) is 55.9 Å². The summed E-state index contributed by atoms with van der Waals surface area (Å²) < 4.78 is 13.0. The number of rotatable bonds is 4. The zero-order chi connectivity index (χ0) is 20.2. The van der Waals surface area contributed by atoms with Crippen LogP contribution in [0.25, 0.3) is 0 Å². The van der Waals surface area contributed by atoms with Gasteiger partial charge >= 0.3 is 0 Å². The van der Waals surface area contributed by atoms with Crippen molar-refractivity contribution in [1.29, 1.82) is 0 Å². The molecular weight excluding hydrogens is 371 g/mol. The van der Waals surface area contributed by atoms with Crippen molar-refractivity contribution in [3.8, 4) is 0 Å². The van der Waals surface area contributed by atoms with Gasteiger partial charge in [-0.3, -0.25) is 19.9 Å². The predicted molar refractivity (Wildman–Crippen MR) is 108 cm³/mol. The van der Waals surface area contributed by atoms with E-state index in [1.807, 2.05) is 30.3 Å². The van der Waals surface area contributed by atoms with Crippen molar-refractivity contribution in [2.24, 2.45) is 0 Å². The number of carbonyl (C=O) groups is 2. The number of para-hydroxylation sites is 1. The number of anilines is 1. The fourth-order valence-electron chi connectivity index (χ4n) is 3.56. The van der Waals surface area contributed by atoms with E-state index in [4.69, 9.17) is 0 Å². The van der Waals surface area contributed by atoms with E-state index in [2.05, 4.69) is 10.3 Å². The Bertz CT molecular complexity index is 906. The number of piperazine rings is 1. The highest BCUT2D eigenvalue weighted by atomic mass is 19.1. The second-order valence-electron chi connectivity index (χ2n) is 7.19. The molecule has 2 heterocycles. The second-order valence-corrected chi connectivity index (χ2v) is 7.19. The first-order chi connectivity index (χ1) is 14.1. The monoisotopic (exact) mass is 394 g/mol. The molecule has 6 nitrogen and oxygen atoms in total. The van der Waals surface area contributed by atoms with E-state index in [1.54, 1.807) is 23.1 Å². The molecule has 0 saturated carbocycles. The number of carbonyl (C=O) groups excluding carboxylic acids is 2. The molecule has 0 atom stereocenters. The Morgan fingerprint density at radius 3 is 2.34 bits per heavy atom. The lowest BCUT2D eigenvalue weighted by molar-refractivity contribution is -0.129. The highest BCUT2D eigenvalue weighted by Crippen LogP contribution is 2.18. The smallest absolute Gasteiger partial charge is 0.271 e. The average molecular weight is 394 g/mol. The van der Waals surface area contributed by atoms with Crippen molar-refractivity contribution >= 4 is 17.5 Å². The largest absolute Gasteiger partial charge is 0.335 e. The minimum atomic E-state index is -0.236. The summed E-state index contributed by atoms with van der Waals surface area (Å²) in [6.07, 6.45) is 1.85. The first-order valence-electron chi connectivity index (χ1n) is 9.71. The van der Waals surface area contributed by atoms with Crippen LogP contribution in [0, 0.1) is 5.82 Å². The van der Waals surface area contributed by atoms with Crippen molar-refractivity contribution in [3.05, 3.63) is 77.8 Å². The van der Waals surface area contributed by atoms with Crippen LogP contribution in [0.15, 0.2) is 66.4 Å². The highest BCUT2D eigenvalue weighted by Gasteiger charge is 2.28. The maximum absolute atomic E-state index is 13.0.